The van der Waals surface area contributed by atoms with E-state index in [4.69, 9.17) is 14.2 Å². The molecule has 67 heavy (non-hydrogen) atoms. The van der Waals surface area contributed by atoms with E-state index < -0.39 is 6.10 Å². The lowest BCUT2D eigenvalue weighted by Gasteiger charge is -2.18. The van der Waals surface area contributed by atoms with Crippen LogP contribution in [-0.2, 0) is 28.6 Å². The third-order valence-corrected chi connectivity index (χ3v) is 12.8. The fraction of sp³-hybridized carbons (Fsp3) is 0.820. The van der Waals surface area contributed by atoms with Crippen molar-refractivity contribution in [3.05, 3.63) is 48.6 Å². The Morgan fingerprint density at radius 2 is 0.552 bits per heavy atom. The van der Waals surface area contributed by atoms with Crippen molar-refractivity contribution in [2.24, 2.45) is 0 Å². The maximum absolute atomic E-state index is 12.9. The van der Waals surface area contributed by atoms with Crippen LogP contribution < -0.4 is 0 Å². The summed E-state index contributed by atoms with van der Waals surface area (Å²) in [7, 11) is 0. The topological polar surface area (TPSA) is 78.9 Å². The predicted molar refractivity (Wildman–Crippen MR) is 289 cm³/mol. The van der Waals surface area contributed by atoms with Gasteiger partial charge in [0.2, 0.25) is 0 Å². The number of unbranched alkanes of at least 4 members (excludes halogenated alkanes) is 34. The highest BCUT2D eigenvalue weighted by Crippen LogP contribution is 2.16. The Hall–Kier alpha value is -2.63. The minimum Gasteiger partial charge on any atom is -0.462 e. The maximum Gasteiger partial charge on any atom is 0.306 e. The minimum atomic E-state index is -0.778. The Kier molecular flexibility index (Phi) is 53.8. The SMILES string of the molecule is CCCC/C=C\CCCCCCCC(=O)OCC(COC(=O)CCCCCCCCCCC/C=C\C/C=C\CCCCC)OC(=O)CCCCCCCCCCC/C=C\CCCCCCCC. The van der Waals surface area contributed by atoms with E-state index in [2.05, 4.69) is 69.4 Å². The predicted octanol–water partition coefficient (Wildman–Crippen LogP) is 19.4. The molecule has 6 nitrogen and oxygen atoms in total. The van der Waals surface area contributed by atoms with Crippen molar-refractivity contribution in [1.29, 1.82) is 0 Å². The van der Waals surface area contributed by atoms with Crippen molar-refractivity contribution in [2.75, 3.05) is 13.2 Å². The molecule has 0 saturated heterocycles. The van der Waals surface area contributed by atoms with Crippen molar-refractivity contribution < 1.29 is 28.6 Å². The average Bonchev–Trinajstić information content (AvgIpc) is 3.33. The van der Waals surface area contributed by atoms with Crippen LogP contribution >= 0.6 is 0 Å². The van der Waals surface area contributed by atoms with Gasteiger partial charge in [-0.3, -0.25) is 14.4 Å². The van der Waals surface area contributed by atoms with Crippen molar-refractivity contribution in [3.8, 4) is 0 Å². The minimum absolute atomic E-state index is 0.0772. The molecule has 0 amide bonds. The molecular weight excluding hydrogens is 829 g/mol. The fourth-order valence-electron chi connectivity index (χ4n) is 8.33. The molecule has 0 aliphatic carbocycles. The molecule has 1 unspecified atom stereocenters. The van der Waals surface area contributed by atoms with E-state index in [-0.39, 0.29) is 31.1 Å². The second-order valence-electron chi connectivity index (χ2n) is 19.5. The molecule has 1 atom stereocenters. The number of esters is 3. The number of hydrogen-bond donors (Lipinski definition) is 0. The molecule has 0 aromatic rings. The van der Waals surface area contributed by atoms with Crippen LogP contribution in [0.1, 0.15) is 303 Å². The van der Waals surface area contributed by atoms with Gasteiger partial charge in [0.1, 0.15) is 13.2 Å². The molecule has 0 N–H and O–H groups in total. The summed E-state index contributed by atoms with van der Waals surface area (Å²) in [6.07, 6.45) is 68.2. The lowest BCUT2D eigenvalue weighted by molar-refractivity contribution is -0.167. The van der Waals surface area contributed by atoms with E-state index in [9.17, 15) is 14.4 Å². The van der Waals surface area contributed by atoms with Gasteiger partial charge in [0.25, 0.3) is 0 Å². The van der Waals surface area contributed by atoms with Crippen LogP contribution in [0.15, 0.2) is 48.6 Å². The average molecular weight is 940 g/mol. The van der Waals surface area contributed by atoms with E-state index in [1.165, 1.54) is 193 Å². The summed E-state index contributed by atoms with van der Waals surface area (Å²) in [6, 6.07) is 0. The van der Waals surface area contributed by atoms with Crippen LogP contribution in [0.4, 0.5) is 0 Å². The maximum atomic E-state index is 12.9. The molecule has 0 spiro atoms. The molecule has 390 valence electrons. The Morgan fingerprint density at radius 1 is 0.299 bits per heavy atom. The quantitative estimate of drug-likeness (QED) is 0.0262. The van der Waals surface area contributed by atoms with Crippen LogP contribution in [0.3, 0.4) is 0 Å². The van der Waals surface area contributed by atoms with Crippen LogP contribution in [0, 0.1) is 0 Å². The van der Waals surface area contributed by atoms with Gasteiger partial charge in [-0.2, -0.15) is 0 Å². The van der Waals surface area contributed by atoms with E-state index in [1.54, 1.807) is 0 Å². The van der Waals surface area contributed by atoms with Crippen molar-refractivity contribution in [3.63, 3.8) is 0 Å². The summed E-state index contributed by atoms with van der Waals surface area (Å²) in [5, 5.41) is 0. The highest BCUT2D eigenvalue weighted by Gasteiger charge is 2.19. The molecule has 0 aromatic carbocycles. The second-order valence-corrected chi connectivity index (χ2v) is 19.5. The molecule has 0 aliphatic rings. The zero-order valence-corrected chi connectivity index (χ0v) is 44.7. The van der Waals surface area contributed by atoms with E-state index in [1.807, 2.05) is 0 Å². The first-order valence-corrected chi connectivity index (χ1v) is 29.1. The lowest BCUT2D eigenvalue weighted by atomic mass is 10.1. The lowest BCUT2D eigenvalue weighted by Crippen LogP contribution is -2.30. The fourth-order valence-corrected chi connectivity index (χ4v) is 8.33. The Balaban J connectivity index is 4.31. The van der Waals surface area contributed by atoms with E-state index in [0.717, 1.165) is 70.6 Å². The van der Waals surface area contributed by atoms with E-state index >= 15 is 0 Å². The highest BCUT2D eigenvalue weighted by molar-refractivity contribution is 5.71. The molecule has 0 bridgehead atoms. The monoisotopic (exact) mass is 939 g/mol. The normalized spacial score (nSPS) is 12.3. The van der Waals surface area contributed by atoms with Crippen LogP contribution in [-0.4, -0.2) is 37.2 Å². The second kappa shape index (κ2) is 56.0. The Bertz CT molecular complexity index is 1170. The van der Waals surface area contributed by atoms with Gasteiger partial charge in [0.05, 0.1) is 0 Å². The molecule has 0 saturated carbocycles. The summed E-state index contributed by atoms with van der Waals surface area (Å²) in [5.41, 5.74) is 0. The van der Waals surface area contributed by atoms with Gasteiger partial charge in [-0.15, -0.1) is 0 Å². The summed E-state index contributed by atoms with van der Waals surface area (Å²) < 4.78 is 16.9. The molecule has 0 aliphatic heterocycles. The highest BCUT2D eigenvalue weighted by atomic mass is 16.6. The Morgan fingerprint density at radius 3 is 0.910 bits per heavy atom. The summed E-state index contributed by atoms with van der Waals surface area (Å²) in [4.78, 5) is 38.1. The van der Waals surface area contributed by atoms with Gasteiger partial charge in [0.15, 0.2) is 6.10 Å². The molecule has 0 fully saturated rings. The van der Waals surface area contributed by atoms with Crippen LogP contribution in [0.25, 0.3) is 0 Å². The first-order valence-electron chi connectivity index (χ1n) is 29.1. The molecular formula is C61H110O6. The number of carbonyl (C=O) groups excluding carboxylic acids is 3. The van der Waals surface area contributed by atoms with Gasteiger partial charge < -0.3 is 14.2 Å². The first-order chi connectivity index (χ1) is 33.0. The van der Waals surface area contributed by atoms with Gasteiger partial charge in [0, 0.05) is 19.3 Å². The zero-order valence-electron chi connectivity index (χ0n) is 44.7. The molecule has 6 heteroatoms. The van der Waals surface area contributed by atoms with Gasteiger partial charge in [-0.1, -0.05) is 236 Å². The standard InChI is InChI=1S/C61H110O6/c1-4-7-10-13-16-19-22-24-26-28-30-32-34-36-39-42-45-48-51-54-60(63)66-57-58(56-65-59(62)53-50-47-44-41-38-21-18-15-12-9-6-3)67-61(64)55-52-49-46-43-40-37-35-33-31-29-27-25-23-20-17-14-11-8-5-2/h15-16,18-19,24-27,58H,4-14,17,20-23,28-57H2,1-3H3/b18-15-,19-16-,26-24-,27-25-. The largest absolute Gasteiger partial charge is 0.462 e. The molecule has 0 rings (SSSR count). The van der Waals surface area contributed by atoms with Crippen LogP contribution in [0.5, 0.6) is 0 Å². The smallest absolute Gasteiger partial charge is 0.306 e. The van der Waals surface area contributed by atoms with Gasteiger partial charge in [-0.05, 0) is 96.3 Å². The third-order valence-electron chi connectivity index (χ3n) is 12.8. The number of hydrogen-bond acceptors (Lipinski definition) is 6. The van der Waals surface area contributed by atoms with Crippen molar-refractivity contribution in [1.82, 2.24) is 0 Å². The summed E-state index contributed by atoms with van der Waals surface area (Å²) >= 11 is 0. The summed E-state index contributed by atoms with van der Waals surface area (Å²) in [5.74, 6) is -0.880. The molecule has 0 aromatic heterocycles. The summed E-state index contributed by atoms with van der Waals surface area (Å²) in [6.45, 7) is 6.59. The van der Waals surface area contributed by atoms with Gasteiger partial charge >= 0.3 is 17.9 Å². The number of allylic oxidation sites excluding steroid dienone is 8. The van der Waals surface area contributed by atoms with Crippen LogP contribution in [0.2, 0.25) is 0 Å². The van der Waals surface area contributed by atoms with Crippen molar-refractivity contribution in [2.45, 2.75) is 309 Å². The molecule has 0 heterocycles. The first kappa shape index (κ1) is 64.4. The number of rotatable bonds is 53. The number of ether oxygens (including phenoxy) is 3. The van der Waals surface area contributed by atoms with E-state index in [0.29, 0.717) is 19.3 Å². The number of carbonyl (C=O) groups is 3. The zero-order chi connectivity index (χ0) is 48.6. The third kappa shape index (κ3) is 54.2. The Labute approximate surface area is 416 Å². The van der Waals surface area contributed by atoms with Gasteiger partial charge in [-0.25, -0.2) is 0 Å². The molecule has 0 radical (unpaired) electrons. The van der Waals surface area contributed by atoms with Crippen molar-refractivity contribution >= 4 is 17.9 Å².